The van der Waals surface area contributed by atoms with Gasteiger partial charge in [0.05, 0.1) is 17.5 Å². The second-order valence-electron chi connectivity index (χ2n) is 3.13. The summed E-state index contributed by atoms with van der Waals surface area (Å²) in [6.45, 7) is 0. The molecule has 2 rings (SSSR count). The molecule has 78 valence electrons. The summed E-state index contributed by atoms with van der Waals surface area (Å²) in [5, 5.41) is 9.85. The van der Waals surface area contributed by atoms with E-state index >= 15 is 0 Å². The van der Waals surface area contributed by atoms with Gasteiger partial charge in [-0.25, -0.2) is 4.39 Å². The first-order chi connectivity index (χ1) is 7.18. The number of rotatable bonds is 2. The van der Waals surface area contributed by atoms with Crippen LogP contribution in [-0.4, -0.2) is 5.11 Å². The number of aliphatic hydroxyl groups is 1. The van der Waals surface area contributed by atoms with E-state index in [4.69, 9.17) is 16.0 Å². The molecule has 0 aliphatic carbocycles. The van der Waals surface area contributed by atoms with E-state index in [1.165, 1.54) is 30.7 Å². The maximum Gasteiger partial charge on any atom is 0.141 e. The molecule has 0 fully saturated rings. The van der Waals surface area contributed by atoms with Crippen LogP contribution >= 0.6 is 11.6 Å². The molecule has 0 radical (unpaired) electrons. The number of aliphatic hydroxyl groups excluding tert-OH is 1. The Labute approximate surface area is 90.9 Å². The smallest absolute Gasteiger partial charge is 0.141 e. The molecule has 1 heterocycles. The Morgan fingerprint density at radius 3 is 2.67 bits per heavy atom. The van der Waals surface area contributed by atoms with Crippen LogP contribution in [0.2, 0.25) is 5.02 Å². The molecule has 0 bridgehead atoms. The second-order valence-corrected chi connectivity index (χ2v) is 3.54. The van der Waals surface area contributed by atoms with Crippen LogP contribution in [0.5, 0.6) is 0 Å². The molecule has 0 unspecified atom stereocenters. The lowest BCUT2D eigenvalue weighted by Crippen LogP contribution is -1.98. The molecule has 0 spiro atoms. The summed E-state index contributed by atoms with van der Waals surface area (Å²) in [5.74, 6) is -0.500. The van der Waals surface area contributed by atoms with E-state index in [0.29, 0.717) is 11.1 Å². The lowest BCUT2D eigenvalue weighted by molar-refractivity contribution is 0.219. The van der Waals surface area contributed by atoms with Gasteiger partial charge in [0, 0.05) is 5.56 Å². The van der Waals surface area contributed by atoms with E-state index in [1.807, 2.05) is 0 Å². The Morgan fingerprint density at radius 2 is 2.07 bits per heavy atom. The minimum atomic E-state index is -0.846. The largest absolute Gasteiger partial charge is 0.472 e. The highest BCUT2D eigenvalue weighted by Crippen LogP contribution is 2.25. The van der Waals surface area contributed by atoms with Gasteiger partial charge >= 0.3 is 0 Å². The van der Waals surface area contributed by atoms with Crippen molar-refractivity contribution in [3.8, 4) is 0 Å². The number of halogens is 2. The molecule has 0 aliphatic rings. The number of hydrogen-bond acceptors (Lipinski definition) is 2. The second kappa shape index (κ2) is 4.04. The van der Waals surface area contributed by atoms with E-state index in [-0.39, 0.29) is 5.02 Å². The molecule has 0 amide bonds. The molecule has 0 saturated carbocycles. The van der Waals surface area contributed by atoms with Crippen LogP contribution in [0, 0.1) is 5.82 Å². The molecule has 1 atom stereocenters. The van der Waals surface area contributed by atoms with Crippen LogP contribution in [-0.2, 0) is 0 Å². The fourth-order valence-electron chi connectivity index (χ4n) is 1.31. The van der Waals surface area contributed by atoms with Crippen molar-refractivity contribution < 1.29 is 13.9 Å². The standard InChI is InChI=1S/C11H8ClFO2/c12-9-5-7(1-2-10(9)13)11(14)8-3-4-15-6-8/h1-6,11,14H/t11-/m1/s1. The molecule has 0 aliphatic heterocycles. The predicted octanol–water partition coefficient (Wildman–Crippen LogP) is 3.15. The van der Waals surface area contributed by atoms with Gasteiger partial charge in [0.15, 0.2) is 0 Å². The highest BCUT2D eigenvalue weighted by atomic mass is 35.5. The van der Waals surface area contributed by atoms with E-state index < -0.39 is 11.9 Å². The normalized spacial score (nSPS) is 12.7. The van der Waals surface area contributed by atoms with Crippen molar-refractivity contribution in [2.24, 2.45) is 0 Å². The molecule has 1 N–H and O–H groups in total. The molecule has 15 heavy (non-hydrogen) atoms. The highest BCUT2D eigenvalue weighted by molar-refractivity contribution is 6.30. The minimum Gasteiger partial charge on any atom is -0.472 e. The minimum absolute atomic E-state index is 0.00459. The van der Waals surface area contributed by atoms with Gasteiger partial charge in [0.1, 0.15) is 11.9 Å². The zero-order valence-electron chi connectivity index (χ0n) is 7.65. The summed E-state index contributed by atoms with van der Waals surface area (Å²) in [4.78, 5) is 0. The van der Waals surface area contributed by atoms with E-state index in [2.05, 4.69) is 0 Å². The van der Waals surface area contributed by atoms with Gasteiger partial charge in [-0.1, -0.05) is 17.7 Å². The first-order valence-corrected chi connectivity index (χ1v) is 4.71. The van der Waals surface area contributed by atoms with Gasteiger partial charge in [-0.3, -0.25) is 0 Å². The molecule has 1 aromatic heterocycles. The van der Waals surface area contributed by atoms with Crippen LogP contribution in [0.25, 0.3) is 0 Å². The molecular weight excluding hydrogens is 219 g/mol. The highest BCUT2D eigenvalue weighted by Gasteiger charge is 2.13. The molecule has 0 saturated heterocycles. The lowest BCUT2D eigenvalue weighted by atomic mass is 10.0. The van der Waals surface area contributed by atoms with Crippen LogP contribution in [0.3, 0.4) is 0 Å². The third-order valence-electron chi connectivity index (χ3n) is 2.12. The first-order valence-electron chi connectivity index (χ1n) is 4.33. The maximum absolute atomic E-state index is 12.9. The van der Waals surface area contributed by atoms with Crippen molar-refractivity contribution in [2.45, 2.75) is 6.10 Å². The van der Waals surface area contributed by atoms with Crippen LogP contribution in [0.4, 0.5) is 4.39 Å². The third kappa shape index (κ3) is 2.03. The SMILES string of the molecule is O[C@@H](c1ccoc1)c1ccc(F)c(Cl)c1. The number of furan rings is 1. The van der Waals surface area contributed by atoms with Crippen LogP contribution in [0.15, 0.2) is 41.2 Å². The van der Waals surface area contributed by atoms with E-state index in [1.54, 1.807) is 6.07 Å². The molecule has 2 nitrogen and oxygen atoms in total. The van der Waals surface area contributed by atoms with Crippen molar-refractivity contribution in [3.05, 3.63) is 58.8 Å². The maximum atomic E-state index is 12.9. The number of benzene rings is 1. The summed E-state index contributed by atoms with van der Waals surface area (Å²) >= 11 is 5.61. The third-order valence-corrected chi connectivity index (χ3v) is 2.41. The average Bonchev–Trinajstić information content (AvgIpc) is 2.74. The zero-order chi connectivity index (χ0) is 10.8. The number of hydrogen-bond donors (Lipinski definition) is 1. The van der Waals surface area contributed by atoms with Gasteiger partial charge in [-0.05, 0) is 23.8 Å². The zero-order valence-corrected chi connectivity index (χ0v) is 8.41. The fraction of sp³-hybridized carbons (Fsp3) is 0.0909. The first kappa shape index (κ1) is 10.2. The summed E-state index contributed by atoms with van der Waals surface area (Å²) in [7, 11) is 0. The average molecular weight is 227 g/mol. The summed E-state index contributed by atoms with van der Waals surface area (Å²) in [6, 6.07) is 5.75. The molecule has 4 heteroatoms. The summed E-state index contributed by atoms with van der Waals surface area (Å²) in [5.41, 5.74) is 1.14. The molecular formula is C11H8ClFO2. The van der Waals surface area contributed by atoms with Gasteiger partial charge in [-0.15, -0.1) is 0 Å². The summed E-state index contributed by atoms with van der Waals surface area (Å²) < 4.78 is 17.7. The van der Waals surface area contributed by atoms with Crippen LogP contribution < -0.4 is 0 Å². The van der Waals surface area contributed by atoms with Crippen molar-refractivity contribution >= 4 is 11.6 Å². The quantitative estimate of drug-likeness (QED) is 0.853. The van der Waals surface area contributed by atoms with E-state index in [0.717, 1.165) is 0 Å². The van der Waals surface area contributed by atoms with Crippen LogP contribution in [0.1, 0.15) is 17.2 Å². The van der Waals surface area contributed by atoms with E-state index in [9.17, 15) is 9.50 Å². The Balaban J connectivity index is 2.34. The Bertz CT molecular complexity index is 454. The fourth-order valence-corrected chi connectivity index (χ4v) is 1.49. The van der Waals surface area contributed by atoms with Gasteiger partial charge in [0.25, 0.3) is 0 Å². The van der Waals surface area contributed by atoms with Crippen molar-refractivity contribution in [1.29, 1.82) is 0 Å². The molecule has 2 aromatic rings. The Hall–Kier alpha value is -1.32. The predicted molar refractivity (Wildman–Crippen MR) is 54.2 cm³/mol. The Kier molecular flexibility index (Phi) is 2.75. The van der Waals surface area contributed by atoms with Gasteiger partial charge in [-0.2, -0.15) is 0 Å². The molecule has 1 aromatic carbocycles. The topological polar surface area (TPSA) is 33.4 Å². The van der Waals surface area contributed by atoms with Gasteiger partial charge in [0.2, 0.25) is 0 Å². The van der Waals surface area contributed by atoms with Crippen molar-refractivity contribution in [1.82, 2.24) is 0 Å². The van der Waals surface area contributed by atoms with Gasteiger partial charge < -0.3 is 9.52 Å². The monoisotopic (exact) mass is 226 g/mol. The Morgan fingerprint density at radius 1 is 1.27 bits per heavy atom. The summed E-state index contributed by atoms with van der Waals surface area (Å²) in [6.07, 6.45) is 2.05. The lowest BCUT2D eigenvalue weighted by Gasteiger charge is -2.08. The van der Waals surface area contributed by atoms with Crippen molar-refractivity contribution in [3.63, 3.8) is 0 Å². The van der Waals surface area contributed by atoms with Crippen molar-refractivity contribution in [2.75, 3.05) is 0 Å².